The SMILES string of the molecule is CC(C)N1CCC(NC(=O)C2(C(=O)O)Nc3ccccc3N2CCc2ccc(Cl)cc2)CC1. The fourth-order valence-corrected chi connectivity index (χ4v) is 4.86. The quantitative estimate of drug-likeness (QED) is 0.536. The van der Waals surface area contributed by atoms with Gasteiger partial charge in [-0.3, -0.25) is 4.79 Å². The molecule has 1 saturated heterocycles. The van der Waals surface area contributed by atoms with E-state index >= 15 is 0 Å². The van der Waals surface area contributed by atoms with E-state index < -0.39 is 17.5 Å². The summed E-state index contributed by atoms with van der Waals surface area (Å²) in [5.74, 6) is -1.74. The maximum Gasteiger partial charge on any atom is 0.360 e. The maximum absolute atomic E-state index is 13.6. The minimum Gasteiger partial charge on any atom is -0.478 e. The zero-order valence-corrected chi connectivity index (χ0v) is 19.8. The first-order valence-corrected chi connectivity index (χ1v) is 11.9. The van der Waals surface area contributed by atoms with Gasteiger partial charge in [0, 0.05) is 36.7 Å². The number of para-hydroxylation sites is 2. The number of nitrogens with zero attached hydrogens (tertiary/aromatic N) is 2. The molecule has 0 spiro atoms. The standard InChI is InChI=1S/C25H31ClN4O3/c1-17(2)29-14-12-20(13-15-29)27-23(31)25(24(32)33)28-21-5-3-4-6-22(21)30(25)16-11-18-7-9-19(26)10-8-18/h3-10,17,20,28H,11-16H2,1-2H3,(H,27,31)(H,32,33). The number of anilines is 2. The summed E-state index contributed by atoms with van der Waals surface area (Å²) in [4.78, 5) is 30.3. The third-order valence-electron chi connectivity index (χ3n) is 6.69. The molecule has 0 saturated carbocycles. The first-order chi connectivity index (χ1) is 15.8. The Morgan fingerprint density at radius 1 is 1.15 bits per heavy atom. The van der Waals surface area contributed by atoms with Gasteiger partial charge in [-0.2, -0.15) is 0 Å². The van der Waals surface area contributed by atoms with Gasteiger partial charge in [0.2, 0.25) is 0 Å². The second-order valence-corrected chi connectivity index (χ2v) is 9.50. The van der Waals surface area contributed by atoms with E-state index in [0.29, 0.717) is 35.4 Å². The summed E-state index contributed by atoms with van der Waals surface area (Å²) in [6.45, 7) is 6.46. The molecule has 7 nitrogen and oxygen atoms in total. The van der Waals surface area contributed by atoms with Crippen LogP contribution in [-0.4, -0.2) is 59.3 Å². The number of rotatable bonds is 7. The molecule has 2 aromatic carbocycles. The number of piperidine rings is 1. The van der Waals surface area contributed by atoms with E-state index in [0.717, 1.165) is 31.5 Å². The minimum atomic E-state index is -1.90. The monoisotopic (exact) mass is 470 g/mol. The predicted molar refractivity (Wildman–Crippen MR) is 131 cm³/mol. The van der Waals surface area contributed by atoms with Crippen molar-refractivity contribution in [1.82, 2.24) is 10.2 Å². The Labute approximate surface area is 199 Å². The zero-order chi connectivity index (χ0) is 23.6. The Hall–Kier alpha value is -2.77. The minimum absolute atomic E-state index is 0.0487. The average Bonchev–Trinajstić information content (AvgIpc) is 3.15. The summed E-state index contributed by atoms with van der Waals surface area (Å²) in [5, 5.41) is 17.1. The highest BCUT2D eigenvalue weighted by Gasteiger charge is 2.56. The molecule has 0 aromatic heterocycles. The van der Waals surface area contributed by atoms with Crippen molar-refractivity contribution in [2.24, 2.45) is 0 Å². The molecule has 176 valence electrons. The van der Waals surface area contributed by atoms with Crippen LogP contribution in [0.2, 0.25) is 5.02 Å². The maximum atomic E-state index is 13.6. The number of hydrogen-bond donors (Lipinski definition) is 3. The summed E-state index contributed by atoms with van der Waals surface area (Å²) < 4.78 is 0. The van der Waals surface area contributed by atoms with Crippen LogP contribution in [0.4, 0.5) is 11.4 Å². The number of carbonyl (C=O) groups excluding carboxylic acids is 1. The Morgan fingerprint density at radius 3 is 2.45 bits per heavy atom. The van der Waals surface area contributed by atoms with E-state index in [9.17, 15) is 14.7 Å². The molecule has 1 atom stereocenters. The van der Waals surface area contributed by atoms with Crippen LogP contribution in [0.15, 0.2) is 48.5 Å². The molecule has 33 heavy (non-hydrogen) atoms. The van der Waals surface area contributed by atoms with Crippen LogP contribution in [-0.2, 0) is 16.0 Å². The van der Waals surface area contributed by atoms with E-state index in [4.69, 9.17) is 11.6 Å². The fraction of sp³-hybridized carbons (Fsp3) is 0.440. The van der Waals surface area contributed by atoms with Gasteiger partial charge < -0.3 is 25.5 Å². The van der Waals surface area contributed by atoms with Crippen molar-refractivity contribution in [1.29, 1.82) is 0 Å². The number of aliphatic carboxylic acids is 1. The highest BCUT2D eigenvalue weighted by Crippen LogP contribution is 2.40. The number of hydrogen-bond acceptors (Lipinski definition) is 5. The third-order valence-corrected chi connectivity index (χ3v) is 6.94. The van der Waals surface area contributed by atoms with Gasteiger partial charge in [0.15, 0.2) is 0 Å². The fourth-order valence-electron chi connectivity index (χ4n) is 4.73. The number of carboxylic acids is 1. The Balaban J connectivity index is 1.57. The van der Waals surface area contributed by atoms with Gasteiger partial charge in [0.1, 0.15) is 0 Å². The molecule has 2 heterocycles. The highest BCUT2D eigenvalue weighted by molar-refractivity contribution is 6.30. The van der Waals surface area contributed by atoms with E-state index in [2.05, 4.69) is 29.4 Å². The van der Waals surface area contributed by atoms with Crippen LogP contribution in [0.5, 0.6) is 0 Å². The van der Waals surface area contributed by atoms with Gasteiger partial charge in [-0.15, -0.1) is 0 Å². The van der Waals surface area contributed by atoms with E-state index in [1.54, 1.807) is 4.90 Å². The van der Waals surface area contributed by atoms with Crippen LogP contribution in [0.25, 0.3) is 0 Å². The summed E-state index contributed by atoms with van der Waals surface area (Å²) in [5.41, 5.74) is 0.467. The van der Waals surface area contributed by atoms with Gasteiger partial charge >= 0.3 is 5.97 Å². The molecule has 1 fully saturated rings. The second-order valence-electron chi connectivity index (χ2n) is 9.06. The molecule has 2 aliphatic heterocycles. The van der Waals surface area contributed by atoms with E-state index in [1.807, 2.05) is 48.5 Å². The first kappa shape index (κ1) is 23.4. The average molecular weight is 471 g/mol. The number of nitrogens with one attached hydrogen (secondary N) is 2. The van der Waals surface area contributed by atoms with Crippen LogP contribution in [0.1, 0.15) is 32.3 Å². The van der Waals surface area contributed by atoms with E-state index in [-0.39, 0.29) is 6.04 Å². The zero-order valence-electron chi connectivity index (χ0n) is 19.1. The van der Waals surface area contributed by atoms with Crippen molar-refractivity contribution in [2.45, 2.75) is 50.9 Å². The summed E-state index contributed by atoms with van der Waals surface area (Å²) in [6.07, 6.45) is 2.18. The Morgan fingerprint density at radius 2 is 1.82 bits per heavy atom. The van der Waals surface area contributed by atoms with Gasteiger partial charge in [-0.05, 0) is 62.9 Å². The molecule has 0 aliphatic carbocycles. The Kier molecular flexibility index (Phi) is 6.81. The molecule has 8 heteroatoms. The first-order valence-electron chi connectivity index (χ1n) is 11.5. The third kappa shape index (κ3) is 4.66. The lowest BCUT2D eigenvalue weighted by Crippen LogP contribution is -2.68. The number of carboxylic acid groups (broad SMARTS) is 1. The topological polar surface area (TPSA) is 84.9 Å². The molecule has 1 unspecified atom stereocenters. The number of fused-ring (bicyclic) bond motifs is 1. The number of benzene rings is 2. The largest absolute Gasteiger partial charge is 0.478 e. The number of likely N-dealkylation sites (tertiary alicyclic amines) is 1. The van der Waals surface area contributed by atoms with Crippen molar-refractivity contribution < 1.29 is 14.7 Å². The van der Waals surface area contributed by atoms with Crippen molar-refractivity contribution in [3.8, 4) is 0 Å². The summed E-state index contributed by atoms with van der Waals surface area (Å²) in [7, 11) is 0. The van der Waals surface area contributed by atoms with Crippen LogP contribution in [0, 0.1) is 0 Å². The van der Waals surface area contributed by atoms with Crippen molar-refractivity contribution in [3.05, 3.63) is 59.1 Å². The second kappa shape index (κ2) is 9.61. The van der Waals surface area contributed by atoms with E-state index in [1.165, 1.54) is 0 Å². The van der Waals surface area contributed by atoms with Crippen LogP contribution >= 0.6 is 11.6 Å². The molecule has 0 radical (unpaired) electrons. The number of carbonyl (C=O) groups is 2. The smallest absolute Gasteiger partial charge is 0.360 e. The Bertz CT molecular complexity index is 1000. The van der Waals surface area contributed by atoms with Crippen LogP contribution in [0.3, 0.4) is 0 Å². The lowest BCUT2D eigenvalue weighted by Gasteiger charge is -2.38. The molecule has 1 amide bonds. The molecule has 0 bridgehead atoms. The molecule has 3 N–H and O–H groups in total. The van der Waals surface area contributed by atoms with Crippen molar-refractivity contribution >= 4 is 34.9 Å². The molecule has 4 rings (SSSR count). The number of halogens is 1. The predicted octanol–water partition coefficient (Wildman–Crippen LogP) is 3.58. The summed E-state index contributed by atoms with van der Waals surface area (Å²) >= 11 is 6.00. The van der Waals surface area contributed by atoms with Crippen molar-refractivity contribution in [2.75, 3.05) is 29.9 Å². The van der Waals surface area contributed by atoms with Gasteiger partial charge in [0.05, 0.1) is 11.4 Å². The van der Waals surface area contributed by atoms with Gasteiger partial charge in [-0.1, -0.05) is 35.9 Å². The normalized spacial score (nSPS) is 21.0. The molecular weight excluding hydrogens is 440 g/mol. The molecule has 2 aliphatic rings. The van der Waals surface area contributed by atoms with Gasteiger partial charge in [-0.25, -0.2) is 4.79 Å². The lowest BCUT2D eigenvalue weighted by molar-refractivity contribution is -0.147. The number of amides is 1. The molecular formula is C25H31ClN4O3. The lowest BCUT2D eigenvalue weighted by atomic mass is 10.0. The summed E-state index contributed by atoms with van der Waals surface area (Å²) in [6, 6.07) is 15.2. The van der Waals surface area contributed by atoms with Crippen molar-refractivity contribution in [3.63, 3.8) is 0 Å². The highest BCUT2D eigenvalue weighted by atomic mass is 35.5. The van der Waals surface area contributed by atoms with Crippen LogP contribution < -0.4 is 15.5 Å². The van der Waals surface area contributed by atoms with Gasteiger partial charge in [0.25, 0.3) is 11.6 Å². The molecule has 2 aromatic rings.